The fourth-order valence-corrected chi connectivity index (χ4v) is 14.6. The highest BCUT2D eigenvalue weighted by Crippen LogP contribution is 2.65. The molecule has 1 heterocycles. The molecule has 3 heteroatoms. The highest BCUT2D eigenvalue weighted by molar-refractivity contribution is 6.17. The van der Waals surface area contributed by atoms with Crippen molar-refractivity contribution in [2.24, 2.45) is 0 Å². The molecule has 0 N–H and O–H groups in total. The number of hydrogen-bond donors (Lipinski definition) is 0. The van der Waals surface area contributed by atoms with Gasteiger partial charge in [-0.1, -0.05) is 249 Å². The molecule has 2 aliphatic rings. The number of anilines is 6. The Labute approximate surface area is 513 Å². The van der Waals surface area contributed by atoms with Crippen molar-refractivity contribution >= 4 is 55.9 Å². The summed E-state index contributed by atoms with van der Waals surface area (Å²) in [6, 6.07) is 128. The smallest absolute Gasteiger partial charge is 0.0725 e. The largest absolute Gasteiger partial charge is 0.310 e. The first-order valence-corrected chi connectivity index (χ1v) is 30.4. The Morgan fingerprint density at radius 1 is 0.227 bits per heavy atom. The fourth-order valence-electron chi connectivity index (χ4n) is 14.6. The van der Waals surface area contributed by atoms with Crippen molar-refractivity contribution in [3.63, 3.8) is 0 Å². The van der Waals surface area contributed by atoms with Gasteiger partial charge in [-0.05, 0) is 186 Å². The van der Waals surface area contributed by atoms with E-state index in [9.17, 15) is 0 Å². The van der Waals surface area contributed by atoms with Crippen LogP contribution in [0.15, 0.2) is 346 Å². The first-order chi connectivity index (χ1) is 43.7. The summed E-state index contributed by atoms with van der Waals surface area (Å²) in [4.78, 5) is 4.83. The van der Waals surface area contributed by atoms with Gasteiger partial charge in [0.1, 0.15) is 0 Å². The van der Waals surface area contributed by atoms with Crippen molar-refractivity contribution in [1.82, 2.24) is 4.57 Å². The maximum atomic E-state index is 2.54. The van der Waals surface area contributed by atoms with Gasteiger partial charge in [0.15, 0.2) is 0 Å². The number of nitrogens with zero attached hydrogens (tertiary/aromatic N) is 3. The second-order valence-electron chi connectivity index (χ2n) is 23.1. The minimum Gasteiger partial charge on any atom is -0.310 e. The van der Waals surface area contributed by atoms with E-state index in [2.05, 4.69) is 360 Å². The van der Waals surface area contributed by atoms with Gasteiger partial charge in [0.25, 0.3) is 0 Å². The lowest BCUT2D eigenvalue weighted by Crippen LogP contribution is -2.25. The molecule has 2 aliphatic carbocycles. The Hall–Kier alpha value is -11.5. The standard InChI is InChI=1S/C85H57N3/c1-6-24-58(25-7-1)60-44-49-67(50-45-60)86(64-28-10-3-11-29-64)69-54-63(55-70(57-69)87(65-30-12-4-13-31-65)68-51-46-61(47-52-68)59-26-8-2-9-27-59)62-48-53-72-71-34-16-19-39-77(71)85(80(72)56-62)78-40-20-17-35-75(78)83-73(37-22-41-79(83)85)74-38-23-43-82-84(74)76-36-18-21-42-81(76)88(82)66-32-14-5-15-33-66/h1-57H. The first-order valence-electron chi connectivity index (χ1n) is 30.4. The second kappa shape index (κ2) is 20.9. The van der Waals surface area contributed by atoms with Gasteiger partial charge in [0.2, 0.25) is 0 Å². The van der Waals surface area contributed by atoms with Crippen LogP contribution in [-0.4, -0.2) is 4.57 Å². The van der Waals surface area contributed by atoms with E-state index < -0.39 is 5.41 Å². The maximum Gasteiger partial charge on any atom is 0.0725 e. The van der Waals surface area contributed by atoms with Crippen molar-refractivity contribution in [1.29, 1.82) is 0 Å². The summed E-state index contributed by atoms with van der Waals surface area (Å²) in [5.41, 5.74) is 28.9. The highest BCUT2D eigenvalue weighted by atomic mass is 15.2. The molecule has 14 aromatic carbocycles. The number of fused-ring (bicyclic) bond motifs is 13. The zero-order valence-electron chi connectivity index (χ0n) is 48.3. The number of para-hydroxylation sites is 4. The molecule has 15 aromatic rings. The van der Waals surface area contributed by atoms with Gasteiger partial charge in [-0.3, -0.25) is 0 Å². The number of benzene rings is 14. The van der Waals surface area contributed by atoms with Crippen LogP contribution in [0.3, 0.4) is 0 Å². The highest BCUT2D eigenvalue weighted by Gasteiger charge is 2.52. The molecule has 0 saturated carbocycles. The summed E-state index contributed by atoms with van der Waals surface area (Å²) < 4.78 is 2.43. The quantitative estimate of drug-likeness (QED) is 0.128. The van der Waals surface area contributed by atoms with E-state index in [-0.39, 0.29) is 0 Å². The van der Waals surface area contributed by atoms with E-state index in [0.29, 0.717) is 0 Å². The van der Waals surface area contributed by atoms with E-state index in [1.54, 1.807) is 0 Å². The topological polar surface area (TPSA) is 11.4 Å². The number of hydrogen-bond acceptors (Lipinski definition) is 2. The van der Waals surface area contributed by atoms with Gasteiger partial charge in [-0.15, -0.1) is 0 Å². The predicted octanol–water partition coefficient (Wildman–Crippen LogP) is 22.7. The van der Waals surface area contributed by atoms with Crippen molar-refractivity contribution in [3.05, 3.63) is 368 Å². The van der Waals surface area contributed by atoms with Crippen LogP contribution in [0.5, 0.6) is 0 Å². The molecule has 0 amide bonds. The van der Waals surface area contributed by atoms with Gasteiger partial charge in [-0.25, -0.2) is 0 Å². The third-order valence-electron chi connectivity index (χ3n) is 18.4. The molecule has 0 fully saturated rings. The van der Waals surface area contributed by atoms with Crippen molar-refractivity contribution in [2.75, 3.05) is 9.80 Å². The lowest BCUT2D eigenvalue weighted by atomic mass is 9.70. The summed E-state index contributed by atoms with van der Waals surface area (Å²) >= 11 is 0. The Bertz CT molecular complexity index is 4970. The van der Waals surface area contributed by atoms with Crippen LogP contribution in [0.1, 0.15) is 22.3 Å². The second-order valence-corrected chi connectivity index (χ2v) is 23.1. The minimum atomic E-state index is -0.622. The molecular weight excluding hydrogens is 1060 g/mol. The molecule has 1 spiro atoms. The molecule has 17 rings (SSSR count). The first kappa shape index (κ1) is 50.9. The Morgan fingerprint density at radius 3 is 1.26 bits per heavy atom. The van der Waals surface area contributed by atoms with Crippen LogP contribution in [0.2, 0.25) is 0 Å². The van der Waals surface area contributed by atoms with Crippen LogP contribution >= 0.6 is 0 Å². The average molecular weight is 1120 g/mol. The summed E-state index contributed by atoms with van der Waals surface area (Å²) in [7, 11) is 0. The van der Waals surface area contributed by atoms with E-state index in [4.69, 9.17) is 0 Å². The third kappa shape index (κ3) is 8.12. The number of rotatable bonds is 11. The Morgan fingerprint density at radius 2 is 0.648 bits per heavy atom. The lowest BCUT2D eigenvalue weighted by Gasteiger charge is -2.31. The van der Waals surface area contributed by atoms with Crippen LogP contribution in [0.25, 0.3) is 94.3 Å². The maximum absolute atomic E-state index is 2.54. The van der Waals surface area contributed by atoms with Gasteiger partial charge >= 0.3 is 0 Å². The summed E-state index contributed by atoms with van der Waals surface area (Å²) in [5.74, 6) is 0. The molecule has 1 atom stereocenters. The van der Waals surface area contributed by atoms with Crippen LogP contribution in [-0.2, 0) is 5.41 Å². The van der Waals surface area contributed by atoms with Gasteiger partial charge in [0, 0.05) is 50.6 Å². The summed E-state index contributed by atoms with van der Waals surface area (Å²) in [6.07, 6.45) is 0. The van der Waals surface area contributed by atoms with Gasteiger partial charge in [-0.2, -0.15) is 0 Å². The van der Waals surface area contributed by atoms with Crippen LogP contribution < -0.4 is 9.80 Å². The SMILES string of the molecule is c1ccc(-c2ccc(N(c3ccccc3)c3cc(-c4ccc5c(c4)C4(c6ccccc6-5)c5ccccc5-c5c(-c6cccc7c6c6ccccc6n7-c6ccccc6)cccc54)cc(N(c4ccccc4)c4ccc(-c5ccccc5)cc4)c3)cc2)cc1. The van der Waals surface area contributed by atoms with Crippen molar-refractivity contribution in [3.8, 4) is 72.4 Å². The zero-order valence-corrected chi connectivity index (χ0v) is 48.3. The molecule has 1 aromatic heterocycles. The minimum absolute atomic E-state index is 0.622. The van der Waals surface area contributed by atoms with Gasteiger partial charge in [0.05, 0.1) is 16.4 Å². The van der Waals surface area contributed by atoms with Crippen molar-refractivity contribution in [2.45, 2.75) is 5.41 Å². The normalized spacial score (nSPS) is 13.5. The average Bonchev–Trinajstić information content (AvgIpc) is 1.52. The van der Waals surface area contributed by atoms with Crippen LogP contribution in [0, 0.1) is 0 Å². The molecule has 0 bridgehead atoms. The molecule has 1 unspecified atom stereocenters. The number of aromatic nitrogens is 1. The third-order valence-corrected chi connectivity index (χ3v) is 18.4. The molecule has 0 saturated heterocycles. The molecule has 88 heavy (non-hydrogen) atoms. The monoisotopic (exact) mass is 1120 g/mol. The van der Waals surface area contributed by atoms with E-state index in [1.807, 2.05) is 0 Å². The Balaban J connectivity index is 0.895. The lowest BCUT2D eigenvalue weighted by molar-refractivity contribution is 0.794. The Kier molecular flexibility index (Phi) is 12.1. The van der Waals surface area contributed by atoms with E-state index in [0.717, 1.165) is 50.9 Å². The van der Waals surface area contributed by atoms with E-state index >= 15 is 0 Å². The molecule has 412 valence electrons. The van der Waals surface area contributed by atoms with Gasteiger partial charge < -0.3 is 14.4 Å². The summed E-state index contributed by atoms with van der Waals surface area (Å²) in [5, 5.41) is 2.50. The van der Waals surface area contributed by atoms with E-state index in [1.165, 1.54) is 99.7 Å². The van der Waals surface area contributed by atoms with Crippen LogP contribution in [0.4, 0.5) is 34.1 Å². The molecule has 0 radical (unpaired) electrons. The molecule has 0 aliphatic heterocycles. The fraction of sp³-hybridized carbons (Fsp3) is 0.0118. The predicted molar refractivity (Wildman–Crippen MR) is 368 cm³/mol. The zero-order chi connectivity index (χ0) is 58.1. The molecular formula is C85H57N3. The van der Waals surface area contributed by atoms with Crippen molar-refractivity contribution < 1.29 is 0 Å². The summed E-state index contributed by atoms with van der Waals surface area (Å²) in [6.45, 7) is 0. The molecule has 3 nitrogen and oxygen atoms in total.